The summed E-state index contributed by atoms with van der Waals surface area (Å²) >= 11 is 0. The van der Waals surface area contributed by atoms with Gasteiger partial charge in [0.15, 0.2) is 5.69 Å². The van der Waals surface area contributed by atoms with Gasteiger partial charge in [-0.15, -0.1) is 0 Å². The largest absolute Gasteiger partial charge is 0.464 e. The molecule has 1 aromatic heterocycles. The number of aromatic nitrogens is 2. The number of hydrogen-bond donors (Lipinski definition) is 0. The number of rotatable bonds is 4. The summed E-state index contributed by atoms with van der Waals surface area (Å²) in [5.41, 5.74) is -0.542. The first kappa shape index (κ1) is 17.7. The molecule has 1 atom stereocenters. The minimum Gasteiger partial charge on any atom is -0.464 e. The zero-order valence-electron chi connectivity index (χ0n) is 13.0. The molecule has 0 radical (unpaired) electrons. The third-order valence-electron chi connectivity index (χ3n) is 3.51. The van der Waals surface area contributed by atoms with Gasteiger partial charge in [0.2, 0.25) is 0 Å². The van der Waals surface area contributed by atoms with E-state index >= 15 is 0 Å². The molecule has 1 heterocycles. The van der Waals surface area contributed by atoms with Crippen LogP contribution in [0.3, 0.4) is 0 Å². The van der Waals surface area contributed by atoms with E-state index in [1.807, 2.05) is 0 Å². The monoisotopic (exact) mass is 340 g/mol. The Hall–Kier alpha value is -2.64. The second-order valence-corrected chi connectivity index (χ2v) is 5.25. The smallest absolute Gasteiger partial charge is 0.416 e. The van der Waals surface area contributed by atoms with Gasteiger partial charge >= 0.3 is 12.1 Å². The van der Waals surface area contributed by atoms with E-state index in [-0.39, 0.29) is 18.2 Å². The van der Waals surface area contributed by atoms with E-state index in [9.17, 15) is 22.8 Å². The number of ether oxygens (including phenoxy) is 1. The number of alkyl halides is 3. The normalized spacial score (nSPS) is 12.7. The van der Waals surface area contributed by atoms with Gasteiger partial charge in [0, 0.05) is 12.0 Å². The molecule has 0 fully saturated rings. The Morgan fingerprint density at radius 1 is 1.21 bits per heavy atom. The van der Waals surface area contributed by atoms with Crippen molar-refractivity contribution in [3.05, 3.63) is 63.6 Å². The topological polar surface area (TPSA) is 61.2 Å². The summed E-state index contributed by atoms with van der Waals surface area (Å²) in [4.78, 5) is 23.3. The summed E-state index contributed by atoms with van der Waals surface area (Å²) in [6, 6.07) is 7.16. The molecule has 0 saturated carbocycles. The van der Waals surface area contributed by atoms with Crippen LogP contribution < -0.4 is 5.56 Å². The van der Waals surface area contributed by atoms with E-state index in [1.54, 1.807) is 6.92 Å². The van der Waals surface area contributed by atoms with Crippen molar-refractivity contribution in [1.29, 1.82) is 0 Å². The third-order valence-corrected chi connectivity index (χ3v) is 3.51. The van der Waals surface area contributed by atoms with Crippen LogP contribution in [-0.4, -0.2) is 22.9 Å². The number of nitrogens with zero attached hydrogens (tertiary/aromatic N) is 2. The standard InChI is InChI=1S/C16H15F3N2O3/c1-10(11-3-5-12(6-4-11)16(17,18)19)9-21-14(22)8-7-13(20-21)15(23)24-2/h3-8,10H,9H2,1-2H3/t10-/m1/s1. The maximum Gasteiger partial charge on any atom is 0.416 e. The van der Waals surface area contributed by atoms with Gasteiger partial charge in [0.05, 0.1) is 19.2 Å². The van der Waals surface area contributed by atoms with Gasteiger partial charge in [-0.3, -0.25) is 4.79 Å². The Balaban J connectivity index is 2.22. The van der Waals surface area contributed by atoms with Crippen molar-refractivity contribution in [3.8, 4) is 0 Å². The zero-order valence-corrected chi connectivity index (χ0v) is 13.0. The Morgan fingerprint density at radius 2 is 1.83 bits per heavy atom. The van der Waals surface area contributed by atoms with Crippen molar-refractivity contribution < 1.29 is 22.7 Å². The Bertz CT molecular complexity index is 782. The summed E-state index contributed by atoms with van der Waals surface area (Å²) in [5.74, 6) is -0.948. The molecule has 0 unspecified atom stereocenters. The molecular formula is C16H15F3N2O3. The maximum atomic E-state index is 12.6. The van der Waals surface area contributed by atoms with E-state index in [1.165, 1.54) is 31.4 Å². The van der Waals surface area contributed by atoms with Gasteiger partial charge < -0.3 is 4.74 Å². The molecule has 8 heteroatoms. The van der Waals surface area contributed by atoms with E-state index in [2.05, 4.69) is 9.84 Å². The van der Waals surface area contributed by atoms with Crippen molar-refractivity contribution in [2.45, 2.75) is 25.6 Å². The van der Waals surface area contributed by atoms with Crippen LogP contribution in [0.4, 0.5) is 13.2 Å². The summed E-state index contributed by atoms with van der Waals surface area (Å²) < 4.78 is 43.4. The van der Waals surface area contributed by atoms with Crippen molar-refractivity contribution in [2.75, 3.05) is 7.11 Å². The molecule has 0 bridgehead atoms. The van der Waals surface area contributed by atoms with Crippen molar-refractivity contribution in [1.82, 2.24) is 9.78 Å². The fraction of sp³-hybridized carbons (Fsp3) is 0.312. The number of carbonyl (C=O) groups is 1. The van der Waals surface area contributed by atoms with Crippen LogP contribution >= 0.6 is 0 Å². The first-order chi connectivity index (χ1) is 11.2. The average Bonchev–Trinajstić information content (AvgIpc) is 2.55. The minimum atomic E-state index is -4.39. The van der Waals surface area contributed by atoms with Crippen molar-refractivity contribution in [2.24, 2.45) is 0 Å². The summed E-state index contributed by atoms with van der Waals surface area (Å²) in [5, 5.41) is 3.91. The predicted molar refractivity (Wildman–Crippen MR) is 79.7 cm³/mol. The number of esters is 1. The third kappa shape index (κ3) is 4.01. The highest BCUT2D eigenvalue weighted by atomic mass is 19.4. The Labute approximate surface area is 135 Å². The molecule has 0 aliphatic rings. The number of benzene rings is 1. The second-order valence-electron chi connectivity index (χ2n) is 5.25. The predicted octanol–water partition coefficient (Wildman–Crippen LogP) is 2.85. The molecule has 2 rings (SSSR count). The van der Waals surface area contributed by atoms with Gasteiger partial charge in [-0.05, 0) is 23.8 Å². The van der Waals surface area contributed by atoms with Crippen LogP contribution in [0.1, 0.15) is 34.5 Å². The molecule has 0 aliphatic carbocycles. The van der Waals surface area contributed by atoms with Crippen LogP contribution in [0.5, 0.6) is 0 Å². The average molecular weight is 340 g/mol. The molecule has 0 amide bonds. The van der Waals surface area contributed by atoms with E-state index in [0.717, 1.165) is 16.8 Å². The lowest BCUT2D eigenvalue weighted by Gasteiger charge is -2.14. The van der Waals surface area contributed by atoms with Gasteiger partial charge in [-0.1, -0.05) is 19.1 Å². The van der Waals surface area contributed by atoms with Crippen LogP contribution in [0.25, 0.3) is 0 Å². The van der Waals surface area contributed by atoms with Crippen LogP contribution in [-0.2, 0) is 17.5 Å². The van der Waals surface area contributed by atoms with Crippen LogP contribution in [0.2, 0.25) is 0 Å². The molecule has 0 spiro atoms. The summed E-state index contributed by atoms with van der Waals surface area (Å²) in [7, 11) is 1.20. The minimum absolute atomic E-state index is 0.0169. The number of methoxy groups -OCH3 is 1. The van der Waals surface area contributed by atoms with Crippen LogP contribution in [0.15, 0.2) is 41.2 Å². The van der Waals surface area contributed by atoms with E-state index in [4.69, 9.17) is 0 Å². The molecule has 1 aromatic carbocycles. The molecule has 0 saturated heterocycles. The SMILES string of the molecule is COC(=O)c1ccc(=O)n(C[C@@H](C)c2ccc(C(F)(F)F)cc2)n1. The fourth-order valence-electron chi connectivity index (χ4n) is 2.16. The molecule has 128 valence electrons. The molecular weight excluding hydrogens is 325 g/mol. The molecule has 0 aliphatic heterocycles. The molecule has 24 heavy (non-hydrogen) atoms. The lowest BCUT2D eigenvalue weighted by Crippen LogP contribution is -2.26. The van der Waals surface area contributed by atoms with Crippen LogP contribution in [0, 0.1) is 0 Å². The molecule has 0 N–H and O–H groups in total. The van der Waals surface area contributed by atoms with E-state index in [0.29, 0.717) is 5.56 Å². The highest BCUT2D eigenvalue weighted by Gasteiger charge is 2.30. The van der Waals surface area contributed by atoms with Crippen molar-refractivity contribution in [3.63, 3.8) is 0 Å². The quantitative estimate of drug-likeness (QED) is 0.803. The number of hydrogen-bond acceptors (Lipinski definition) is 4. The maximum absolute atomic E-state index is 12.6. The first-order valence-corrected chi connectivity index (χ1v) is 7.06. The first-order valence-electron chi connectivity index (χ1n) is 7.06. The van der Waals surface area contributed by atoms with Gasteiger partial charge in [0.1, 0.15) is 0 Å². The van der Waals surface area contributed by atoms with E-state index < -0.39 is 23.3 Å². The lowest BCUT2D eigenvalue weighted by molar-refractivity contribution is -0.137. The Kier molecular flexibility index (Phi) is 5.06. The number of halogens is 3. The van der Waals surface area contributed by atoms with Gasteiger partial charge in [-0.2, -0.15) is 18.3 Å². The van der Waals surface area contributed by atoms with Gasteiger partial charge in [-0.25, -0.2) is 9.48 Å². The molecule has 5 nitrogen and oxygen atoms in total. The fourth-order valence-corrected chi connectivity index (χ4v) is 2.16. The van der Waals surface area contributed by atoms with Gasteiger partial charge in [0.25, 0.3) is 5.56 Å². The summed E-state index contributed by atoms with van der Waals surface area (Å²) in [6.45, 7) is 1.87. The molecule has 2 aromatic rings. The lowest BCUT2D eigenvalue weighted by atomic mass is 10.00. The number of carbonyl (C=O) groups excluding carboxylic acids is 1. The Morgan fingerprint density at radius 3 is 2.38 bits per heavy atom. The zero-order chi connectivity index (χ0) is 17.9. The second kappa shape index (κ2) is 6.86. The van der Waals surface area contributed by atoms with Crippen molar-refractivity contribution >= 4 is 5.97 Å². The highest BCUT2D eigenvalue weighted by Crippen LogP contribution is 2.30. The highest BCUT2D eigenvalue weighted by molar-refractivity contribution is 5.86. The summed E-state index contributed by atoms with van der Waals surface area (Å²) in [6.07, 6.45) is -4.39.